The molecule has 108 valence electrons. The van der Waals surface area contributed by atoms with Crippen LogP contribution in [-0.2, 0) is 16.0 Å². The molecule has 1 aromatic rings. The van der Waals surface area contributed by atoms with Crippen LogP contribution in [-0.4, -0.2) is 24.9 Å². The maximum atomic E-state index is 12.5. The van der Waals surface area contributed by atoms with Crippen LogP contribution in [0.1, 0.15) is 25.3 Å². The van der Waals surface area contributed by atoms with Crippen molar-refractivity contribution in [2.45, 2.75) is 26.2 Å². The van der Waals surface area contributed by atoms with Crippen molar-refractivity contribution in [1.82, 2.24) is 5.32 Å². The summed E-state index contributed by atoms with van der Waals surface area (Å²) in [6.07, 6.45) is 1.99. The van der Waals surface area contributed by atoms with E-state index < -0.39 is 11.3 Å². The minimum absolute atomic E-state index is 0.0124. The largest absolute Gasteiger partial charge is 0.369 e. The highest BCUT2D eigenvalue weighted by Crippen LogP contribution is 2.28. The van der Waals surface area contributed by atoms with Gasteiger partial charge < -0.3 is 16.4 Å². The molecule has 0 radical (unpaired) electrons. The van der Waals surface area contributed by atoms with E-state index in [1.807, 2.05) is 25.1 Å². The second-order valence-corrected chi connectivity index (χ2v) is 5.60. The lowest BCUT2D eigenvalue weighted by Crippen LogP contribution is -2.46. The van der Waals surface area contributed by atoms with E-state index in [1.165, 1.54) is 0 Å². The van der Waals surface area contributed by atoms with Crippen LogP contribution in [0.5, 0.6) is 0 Å². The number of anilines is 1. The van der Waals surface area contributed by atoms with Crippen molar-refractivity contribution in [2.75, 3.05) is 18.4 Å². The lowest BCUT2D eigenvalue weighted by molar-refractivity contribution is -0.125. The lowest BCUT2D eigenvalue weighted by Gasteiger charge is -2.32. The molecule has 0 aliphatic carbocycles. The van der Waals surface area contributed by atoms with E-state index in [0.29, 0.717) is 12.2 Å². The SMILES string of the molecule is CC1(C(=O)Nc2ccccc2CC(N)=O)CCCNC1. The molecule has 5 nitrogen and oxygen atoms in total. The molecule has 1 heterocycles. The second kappa shape index (κ2) is 6.05. The second-order valence-electron chi connectivity index (χ2n) is 5.60. The maximum Gasteiger partial charge on any atom is 0.231 e. The Morgan fingerprint density at radius 2 is 2.15 bits per heavy atom. The zero-order chi connectivity index (χ0) is 14.6. The Hall–Kier alpha value is -1.88. The highest BCUT2D eigenvalue weighted by molar-refractivity contribution is 5.96. The highest BCUT2D eigenvalue weighted by atomic mass is 16.2. The number of rotatable bonds is 4. The molecule has 5 heteroatoms. The molecule has 1 aliphatic heterocycles. The minimum Gasteiger partial charge on any atom is -0.369 e. The van der Waals surface area contributed by atoms with E-state index in [-0.39, 0.29) is 12.3 Å². The third-order valence-electron chi connectivity index (χ3n) is 3.78. The van der Waals surface area contributed by atoms with Crippen LogP contribution in [0.25, 0.3) is 0 Å². The first-order valence-electron chi connectivity index (χ1n) is 6.90. The Labute approximate surface area is 118 Å². The maximum absolute atomic E-state index is 12.5. The van der Waals surface area contributed by atoms with Crippen LogP contribution in [0.4, 0.5) is 5.69 Å². The number of nitrogens with two attached hydrogens (primary N) is 1. The Morgan fingerprint density at radius 3 is 2.80 bits per heavy atom. The molecule has 2 amide bonds. The fourth-order valence-electron chi connectivity index (χ4n) is 2.51. The Kier molecular flexibility index (Phi) is 4.39. The predicted octanol–water partition coefficient (Wildman–Crippen LogP) is 1.04. The topological polar surface area (TPSA) is 84.2 Å². The molecule has 1 saturated heterocycles. The Bertz CT molecular complexity index is 508. The van der Waals surface area contributed by atoms with Crippen molar-refractivity contribution >= 4 is 17.5 Å². The molecule has 4 N–H and O–H groups in total. The van der Waals surface area contributed by atoms with E-state index in [0.717, 1.165) is 24.9 Å². The van der Waals surface area contributed by atoms with Gasteiger partial charge in [0, 0.05) is 12.2 Å². The molecule has 0 saturated carbocycles. The third kappa shape index (κ3) is 3.36. The van der Waals surface area contributed by atoms with Crippen LogP contribution in [0.3, 0.4) is 0 Å². The van der Waals surface area contributed by atoms with Crippen molar-refractivity contribution in [2.24, 2.45) is 11.1 Å². The molecular weight excluding hydrogens is 254 g/mol. The van der Waals surface area contributed by atoms with E-state index >= 15 is 0 Å². The van der Waals surface area contributed by atoms with Gasteiger partial charge in [0.1, 0.15) is 0 Å². The van der Waals surface area contributed by atoms with Gasteiger partial charge in [-0.1, -0.05) is 18.2 Å². The smallest absolute Gasteiger partial charge is 0.231 e. The van der Waals surface area contributed by atoms with Crippen LogP contribution >= 0.6 is 0 Å². The molecule has 0 aromatic heterocycles. The number of carbonyl (C=O) groups is 2. The number of piperidine rings is 1. The highest BCUT2D eigenvalue weighted by Gasteiger charge is 2.34. The summed E-state index contributed by atoms with van der Waals surface area (Å²) in [5.41, 5.74) is 6.25. The van der Waals surface area contributed by atoms with E-state index in [1.54, 1.807) is 6.07 Å². The summed E-state index contributed by atoms with van der Waals surface area (Å²) in [6.45, 7) is 3.60. The van der Waals surface area contributed by atoms with Gasteiger partial charge in [0.05, 0.1) is 11.8 Å². The summed E-state index contributed by atoms with van der Waals surface area (Å²) < 4.78 is 0. The molecule has 1 aromatic carbocycles. The number of hydrogen-bond acceptors (Lipinski definition) is 3. The third-order valence-corrected chi connectivity index (χ3v) is 3.78. The van der Waals surface area contributed by atoms with E-state index in [4.69, 9.17) is 5.73 Å². The van der Waals surface area contributed by atoms with Crippen LogP contribution < -0.4 is 16.4 Å². The van der Waals surface area contributed by atoms with Gasteiger partial charge in [0.15, 0.2) is 0 Å². The number of primary amides is 1. The number of nitrogens with one attached hydrogen (secondary N) is 2. The van der Waals surface area contributed by atoms with Crippen molar-refractivity contribution < 1.29 is 9.59 Å². The Balaban J connectivity index is 2.13. The number of amides is 2. The first-order valence-corrected chi connectivity index (χ1v) is 6.90. The molecule has 1 aliphatic rings. The molecule has 1 unspecified atom stereocenters. The van der Waals surface area contributed by atoms with Crippen molar-refractivity contribution in [3.8, 4) is 0 Å². The van der Waals surface area contributed by atoms with Gasteiger partial charge in [-0.2, -0.15) is 0 Å². The quantitative estimate of drug-likeness (QED) is 0.767. The van der Waals surface area contributed by atoms with Crippen molar-refractivity contribution in [1.29, 1.82) is 0 Å². The van der Waals surface area contributed by atoms with Gasteiger partial charge in [-0.25, -0.2) is 0 Å². The molecule has 1 atom stereocenters. The summed E-state index contributed by atoms with van der Waals surface area (Å²) in [5.74, 6) is -0.418. The van der Waals surface area contributed by atoms with Crippen LogP contribution in [0.2, 0.25) is 0 Å². The zero-order valence-corrected chi connectivity index (χ0v) is 11.7. The normalized spacial score (nSPS) is 22.2. The van der Waals surface area contributed by atoms with Gasteiger partial charge in [0.25, 0.3) is 0 Å². The molecule has 0 spiro atoms. The first kappa shape index (κ1) is 14.5. The average molecular weight is 275 g/mol. The van der Waals surface area contributed by atoms with E-state index in [9.17, 15) is 9.59 Å². The minimum atomic E-state index is -0.405. The summed E-state index contributed by atoms with van der Waals surface area (Å²) in [7, 11) is 0. The predicted molar refractivity (Wildman–Crippen MR) is 78.2 cm³/mol. The molecular formula is C15H21N3O2. The van der Waals surface area contributed by atoms with Crippen LogP contribution in [0, 0.1) is 5.41 Å². The Morgan fingerprint density at radius 1 is 1.40 bits per heavy atom. The van der Waals surface area contributed by atoms with Gasteiger partial charge in [0.2, 0.25) is 11.8 Å². The van der Waals surface area contributed by atoms with E-state index in [2.05, 4.69) is 10.6 Å². The number of para-hydroxylation sites is 1. The lowest BCUT2D eigenvalue weighted by atomic mass is 9.82. The first-order chi connectivity index (χ1) is 9.51. The fourth-order valence-corrected chi connectivity index (χ4v) is 2.51. The van der Waals surface area contributed by atoms with Gasteiger partial charge >= 0.3 is 0 Å². The summed E-state index contributed by atoms with van der Waals surface area (Å²) >= 11 is 0. The monoisotopic (exact) mass is 275 g/mol. The van der Waals surface area contributed by atoms with Crippen molar-refractivity contribution in [3.05, 3.63) is 29.8 Å². The zero-order valence-electron chi connectivity index (χ0n) is 11.7. The number of hydrogen-bond donors (Lipinski definition) is 3. The molecule has 0 bridgehead atoms. The van der Waals surface area contributed by atoms with Gasteiger partial charge in [-0.3, -0.25) is 9.59 Å². The van der Waals surface area contributed by atoms with Gasteiger partial charge in [-0.05, 0) is 37.9 Å². The fraction of sp³-hybridized carbons (Fsp3) is 0.467. The molecule has 1 fully saturated rings. The summed E-state index contributed by atoms with van der Waals surface area (Å²) in [5, 5.41) is 6.19. The summed E-state index contributed by atoms with van der Waals surface area (Å²) in [6, 6.07) is 7.27. The summed E-state index contributed by atoms with van der Waals surface area (Å²) in [4.78, 5) is 23.5. The van der Waals surface area contributed by atoms with Gasteiger partial charge in [-0.15, -0.1) is 0 Å². The standard InChI is InChI=1S/C15H21N3O2/c1-15(7-4-8-17-10-15)14(20)18-12-6-3-2-5-11(12)9-13(16)19/h2-3,5-6,17H,4,7-10H2,1H3,(H2,16,19)(H,18,20). The molecule has 2 rings (SSSR count). The van der Waals surface area contributed by atoms with Crippen molar-refractivity contribution in [3.63, 3.8) is 0 Å². The molecule has 20 heavy (non-hydrogen) atoms. The number of carbonyl (C=O) groups excluding carboxylic acids is 2. The number of benzene rings is 1. The average Bonchev–Trinajstić information content (AvgIpc) is 2.41. The van der Waals surface area contributed by atoms with Crippen LogP contribution in [0.15, 0.2) is 24.3 Å².